The van der Waals surface area contributed by atoms with Gasteiger partial charge in [0.15, 0.2) is 0 Å². The number of carbonyl (C=O) groups excluding carboxylic acids is 1. The highest BCUT2D eigenvalue weighted by atomic mass is 35.5. The second-order valence-corrected chi connectivity index (χ2v) is 4.72. The van der Waals surface area contributed by atoms with Crippen LogP contribution in [0.2, 0.25) is 10.0 Å². The van der Waals surface area contributed by atoms with Crippen molar-refractivity contribution in [3.8, 4) is 11.1 Å². The molecule has 0 bridgehead atoms. The molecular formula is C14H9Cl2FO2. The molecule has 2 aromatic rings. The molecule has 0 spiro atoms. The van der Waals surface area contributed by atoms with Crippen LogP contribution >= 0.6 is 23.2 Å². The Morgan fingerprint density at radius 3 is 2.26 bits per heavy atom. The minimum absolute atomic E-state index is 0.129. The number of hydrogen-bond donors (Lipinski definition) is 0. The van der Waals surface area contributed by atoms with Crippen molar-refractivity contribution in [2.45, 2.75) is 0 Å². The van der Waals surface area contributed by atoms with Gasteiger partial charge in [0.25, 0.3) is 0 Å². The molecule has 0 saturated heterocycles. The summed E-state index contributed by atoms with van der Waals surface area (Å²) in [6, 6.07) is 9.12. The lowest BCUT2D eigenvalue weighted by atomic mass is 10.0. The Labute approximate surface area is 119 Å². The minimum atomic E-state index is -0.729. The zero-order valence-electron chi connectivity index (χ0n) is 9.91. The van der Waals surface area contributed by atoms with Crippen LogP contribution in [0.5, 0.6) is 0 Å². The molecule has 2 rings (SSSR count). The molecule has 0 heterocycles. The van der Waals surface area contributed by atoms with Gasteiger partial charge in [-0.05, 0) is 41.5 Å². The summed E-state index contributed by atoms with van der Waals surface area (Å²) in [6.45, 7) is 0. The summed E-state index contributed by atoms with van der Waals surface area (Å²) in [5.74, 6) is -1.36. The van der Waals surface area contributed by atoms with Gasteiger partial charge in [0.2, 0.25) is 0 Å². The Kier molecular flexibility index (Phi) is 4.08. The van der Waals surface area contributed by atoms with Crippen LogP contribution in [0.25, 0.3) is 11.1 Å². The molecule has 2 nitrogen and oxygen atoms in total. The number of benzene rings is 2. The van der Waals surface area contributed by atoms with E-state index in [1.165, 1.54) is 19.2 Å². The maximum Gasteiger partial charge on any atom is 0.340 e. The highest BCUT2D eigenvalue weighted by Gasteiger charge is 2.13. The van der Waals surface area contributed by atoms with Gasteiger partial charge in [-0.15, -0.1) is 0 Å². The predicted molar refractivity (Wildman–Crippen MR) is 73.2 cm³/mol. The van der Waals surface area contributed by atoms with Crippen molar-refractivity contribution >= 4 is 29.2 Å². The third-order valence-corrected chi connectivity index (χ3v) is 3.00. The Hall–Kier alpha value is -1.58. The fraction of sp³-hybridized carbons (Fsp3) is 0.0714. The predicted octanol–water partition coefficient (Wildman–Crippen LogP) is 4.59. The smallest absolute Gasteiger partial charge is 0.340 e. The third-order valence-electron chi connectivity index (χ3n) is 2.57. The minimum Gasteiger partial charge on any atom is -0.465 e. The van der Waals surface area contributed by atoms with Gasteiger partial charge in [0, 0.05) is 10.0 Å². The van der Waals surface area contributed by atoms with Crippen molar-refractivity contribution in [1.29, 1.82) is 0 Å². The molecule has 0 radical (unpaired) electrons. The van der Waals surface area contributed by atoms with Crippen LogP contribution in [-0.4, -0.2) is 13.1 Å². The lowest BCUT2D eigenvalue weighted by molar-refractivity contribution is 0.0595. The lowest BCUT2D eigenvalue weighted by Gasteiger charge is -2.07. The molecular weight excluding hydrogens is 290 g/mol. The maximum atomic E-state index is 13.5. The van der Waals surface area contributed by atoms with Crippen molar-refractivity contribution in [3.63, 3.8) is 0 Å². The van der Waals surface area contributed by atoms with Crippen LogP contribution in [0.15, 0.2) is 36.4 Å². The van der Waals surface area contributed by atoms with Gasteiger partial charge in [-0.3, -0.25) is 0 Å². The molecule has 19 heavy (non-hydrogen) atoms. The number of carbonyl (C=O) groups is 1. The molecule has 0 aromatic heterocycles. The molecule has 0 fully saturated rings. The highest BCUT2D eigenvalue weighted by Crippen LogP contribution is 2.28. The van der Waals surface area contributed by atoms with E-state index in [1.54, 1.807) is 24.3 Å². The van der Waals surface area contributed by atoms with Gasteiger partial charge >= 0.3 is 5.97 Å². The van der Waals surface area contributed by atoms with Gasteiger partial charge in [-0.1, -0.05) is 29.3 Å². The zero-order valence-corrected chi connectivity index (χ0v) is 11.4. The number of rotatable bonds is 2. The van der Waals surface area contributed by atoms with Gasteiger partial charge in [-0.25, -0.2) is 9.18 Å². The molecule has 0 atom stereocenters. The first-order valence-electron chi connectivity index (χ1n) is 5.35. The fourth-order valence-corrected chi connectivity index (χ4v) is 2.22. The van der Waals surface area contributed by atoms with Crippen LogP contribution in [0, 0.1) is 5.82 Å². The van der Waals surface area contributed by atoms with Crippen LogP contribution in [-0.2, 0) is 4.74 Å². The Balaban J connectivity index is 2.54. The second kappa shape index (κ2) is 5.59. The SMILES string of the molecule is COC(=O)c1cc(-c2cc(Cl)cc(Cl)c2)ccc1F. The molecule has 0 amide bonds. The van der Waals surface area contributed by atoms with Crippen molar-refractivity contribution in [2.75, 3.05) is 7.11 Å². The normalized spacial score (nSPS) is 10.3. The maximum absolute atomic E-state index is 13.5. The number of hydrogen-bond acceptors (Lipinski definition) is 2. The van der Waals surface area contributed by atoms with E-state index >= 15 is 0 Å². The van der Waals surface area contributed by atoms with Crippen molar-refractivity contribution in [2.24, 2.45) is 0 Å². The van der Waals surface area contributed by atoms with E-state index in [4.69, 9.17) is 23.2 Å². The quantitative estimate of drug-likeness (QED) is 0.758. The summed E-state index contributed by atoms with van der Waals surface area (Å²) >= 11 is 11.8. The summed E-state index contributed by atoms with van der Waals surface area (Å²) in [6.07, 6.45) is 0. The number of methoxy groups -OCH3 is 1. The topological polar surface area (TPSA) is 26.3 Å². The van der Waals surface area contributed by atoms with Gasteiger partial charge < -0.3 is 4.74 Å². The molecule has 2 aromatic carbocycles. The first-order chi connectivity index (χ1) is 9.01. The van der Waals surface area contributed by atoms with Crippen molar-refractivity contribution in [1.82, 2.24) is 0 Å². The van der Waals surface area contributed by atoms with E-state index in [0.717, 1.165) is 0 Å². The molecule has 0 aliphatic carbocycles. The second-order valence-electron chi connectivity index (χ2n) is 3.84. The first-order valence-corrected chi connectivity index (χ1v) is 6.11. The molecule has 0 aliphatic rings. The third kappa shape index (κ3) is 3.06. The van der Waals surface area contributed by atoms with Crippen molar-refractivity contribution in [3.05, 3.63) is 57.8 Å². The zero-order chi connectivity index (χ0) is 14.0. The molecule has 0 N–H and O–H groups in total. The summed E-state index contributed by atoms with van der Waals surface area (Å²) in [5, 5.41) is 0.929. The molecule has 0 saturated carbocycles. The average Bonchev–Trinajstić information content (AvgIpc) is 2.37. The van der Waals surface area contributed by atoms with Gasteiger partial charge in [0.1, 0.15) is 5.82 Å². The Bertz CT molecular complexity index is 621. The lowest BCUT2D eigenvalue weighted by Crippen LogP contribution is -2.04. The van der Waals surface area contributed by atoms with Crippen LogP contribution in [0.4, 0.5) is 4.39 Å². The summed E-state index contributed by atoms with van der Waals surface area (Å²) in [4.78, 5) is 11.4. The van der Waals surface area contributed by atoms with E-state index < -0.39 is 11.8 Å². The number of esters is 1. The Morgan fingerprint density at radius 2 is 1.68 bits per heavy atom. The molecule has 0 aliphatic heterocycles. The summed E-state index contributed by atoms with van der Waals surface area (Å²) < 4.78 is 18.1. The van der Waals surface area contributed by atoms with Gasteiger partial charge in [0.05, 0.1) is 12.7 Å². The van der Waals surface area contributed by atoms with E-state index in [0.29, 0.717) is 21.2 Å². The summed E-state index contributed by atoms with van der Waals surface area (Å²) in [5.41, 5.74) is 1.20. The van der Waals surface area contributed by atoms with Crippen LogP contribution in [0.1, 0.15) is 10.4 Å². The molecule has 5 heteroatoms. The summed E-state index contributed by atoms with van der Waals surface area (Å²) in [7, 11) is 1.20. The molecule has 0 unspecified atom stereocenters. The highest BCUT2D eigenvalue weighted by molar-refractivity contribution is 6.35. The van der Waals surface area contributed by atoms with E-state index in [-0.39, 0.29) is 5.56 Å². The fourth-order valence-electron chi connectivity index (χ4n) is 1.69. The van der Waals surface area contributed by atoms with Gasteiger partial charge in [-0.2, -0.15) is 0 Å². The monoisotopic (exact) mass is 298 g/mol. The Morgan fingerprint density at radius 1 is 1.05 bits per heavy atom. The average molecular weight is 299 g/mol. The first kappa shape index (κ1) is 13.8. The van der Waals surface area contributed by atoms with Crippen LogP contribution in [0.3, 0.4) is 0 Å². The van der Waals surface area contributed by atoms with Crippen molar-refractivity contribution < 1.29 is 13.9 Å². The number of halogens is 3. The molecule has 98 valence electrons. The van der Waals surface area contributed by atoms with E-state index in [1.807, 2.05) is 0 Å². The number of ether oxygens (including phenoxy) is 1. The van der Waals surface area contributed by atoms with Crippen LogP contribution < -0.4 is 0 Å². The standard InChI is InChI=1S/C14H9Cl2FO2/c1-19-14(18)12-6-8(2-3-13(12)17)9-4-10(15)7-11(16)5-9/h2-7H,1H3. The van der Waals surface area contributed by atoms with E-state index in [9.17, 15) is 9.18 Å². The van der Waals surface area contributed by atoms with E-state index in [2.05, 4.69) is 4.74 Å². The largest absolute Gasteiger partial charge is 0.465 e.